The van der Waals surface area contributed by atoms with E-state index in [1.165, 1.54) is 12.1 Å². The van der Waals surface area contributed by atoms with Gasteiger partial charge in [0.2, 0.25) is 0 Å². The quantitative estimate of drug-likeness (QED) is 0.871. The molecule has 1 aromatic carbocycles. The maximum atomic E-state index is 11.4. The maximum absolute atomic E-state index is 11.4. The molecule has 0 atom stereocenters. The smallest absolute Gasteiger partial charge is 0.175 e. The predicted octanol–water partition coefficient (Wildman–Crippen LogP) is 2.77. The number of aryl methyl sites for hydroxylation is 2. The molecule has 2 aromatic rings. The average Bonchev–Trinajstić information content (AvgIpc) is 2.38. The van der Waals surface area contributed by atoms with Crippen LogP contribution in [0, 0.1) is 25.2 Å². The summed E-state index contributed by atoms with van der Waals surface area (Å²) in [5.74, 6) is 0.874. The zero-order valence-electron chi connectivity index (χ0n) is 11.9. The molecule has 0 bridgehead atoms. The lowest BCUT2D eigenvalue weighted by Gasteiger charge is -2.10. The van der Waals surface area contributed by atoms with Gasteiger partial charge in [0.25, 0.3) is 0 Å². The van der Waals surface area contributed by atoms with E-state index in [1.807, 2.05) is 6.92 Å². The molecule has 0 aliphatic rings. The van der Waals surface area contributed by atoms with Gasteiger partial charge in [-0.1, -0.05) is 0 Å². The second-order valence-corrected chi connectivity index (χ2v) is 6.70. The summed E-state index contributed by atoms with van der Waals surface area (Å²) in [6, 6.07) is 9.80. The van der Waals surface area contributed by atoms with Gasteiger partial charge in [-0.2, -0.15) is 5.26 Å². The monoisotopic (exact) mass is 302 g/mol. The Bertz CT molecular complexity index is 819. The molecule has 1 aromatic heterocycles. The van der Waals surface area contributed by atoms with Crippen LogP contribution in [0.1, 0.15) is 17.0 Å². The normalized spacial score (nSPS) is 11.0. The van der Waals surface area contributed by atoms with Crippen molar-refractivity contribution in [3.8, 4) is 17.6 Å². The van der Waals surface area contributed by atoms with Gasteiger partial charge >= 0.3 is 0 Å². The fourth-order valence-corrected chi connectivity index (χ4v) is 2.52. The minimum atomic E-state index is -3.24. The Labute approximate surface area is 123 Å². The lowest BCUT2D eigenvalue weighted by Crippen LogP contribution is -1.98. The van der Waals surface area contributed by atoms with Crippen LogP contribution in [-0.4, -0.2) is 19.7 Å². The Morgan fingerprint density at radius 3 is 2.33 bits per heavy atom. The largest absolute Gasteiger partial charge is 0.456 e. The molecular weight excluding hydrogens is 288 g/mol. The van der Waals surface area contributed by atoms with Gasteiger partial charge in [-0.25, -0.2) is 8.42 Å². The van der Waals surface area contributed by atoms with Gasteiger partial charge < -0.3 is 4.74 Å². The maximum Gasteiger partial charge on any atom is 0.175 e. The third-order valence-electron chi connectivity index (χ3n) is 2.88. The van der Waals surface area contributed by atoms with Gasteiger partial charge in [0, 0.05) is 18.0 Å². The van der Waals surface area contributed by atoms with E-state index in [9.17, 15) is 8.42 Å². The van der Waals surface area contributed by atoms with Crippen molar-refractivity contribution in [2.45, 2.75) is 18.7 Å². The molecule has 5 nitrogen and oxygen atoms in total. The highest BCUT2D eigenvalue weighted by Gasteiger charge is 2.11. The summed E-state index contributed by atoms with van der Waals surface area (Å²) in [6.07, 6.45) is 1.15. The van der Waals surface area contributed by atoms with Crippen molar-refractivity contribution in [3.63, 3.8) is 0 Å². The van der Waals surface area contributed by atoms with E-state index in [1.54, 1.807) is 25.1 Å². The first kappa shape index (κ1) is 15.0. The van der Waals surface area contributed by atoms with Crippen LogP contribution in [0.15, 0.2) is 35.2 Å². The number of benzene rings is 1. The number of hydrogen-bond donors (Lipinski definition) is 0. The van der Waals surface area contributed by atoms with Crippen molar-refractivity contribution in [2.24, 2.45) is 0 Å². The van der Waals surface area contributed by atoms with E-state index in [4.69, 9.17) is 10.00 Å². The van der Waals surface area contributed by atoms with Crippen LogP contribution >= 0.6 is 0 Å². The third-order valence-corrected chi connectivity index (χ3v) is 4.01. The zero-order valence-corrected chi connectivity index (χ0v) is 12.7. The molecule has 21 heavy (non-hydrogen) atoms. The van der Waals surface area contributed by atoms with Crippen LogP contribution in [0.25, 0.3) is 0 Å². The molecule has 1 heterocycles. The van der Waals surface area contributed by atoms with Crippen molar-refractivity contribution in [2.75, 3.05) is 6.26 Å². The van der Waals surface area contributed by atoms with E-state index in [0.717, 1.165) is 11.9 Å². The summed E-state index contributed by atoms with van der Waals surface area (Å²) in [6.45, 7) is 3.55. The fraction of sp³-hybridized carbons (Fsp3) is 0.200. The highest BCUT2D eigenvalue weighted by molar-refractivity contribution is 7.90. The molecule has 0 aliphatic heterocycles. The molecule has 0 radical (unpaired) electrons. The van der Waals surface area contributed by atoms with Crippen molar-refractivity contribution in [3.05, 3.63) is 47.3 Å². The van der Waals surface area contributed by atoms with Gasteiger partial charge in [0.1, 0.15) is 23.1 Å². The summed E-state index contributed by atoms with van der Waals surface area (Å²) < 4.78 is 28.5. The van der Waals surface area contributed by atoms with Crippen molar-refractivity contribution < 1.29 is 13.2 Å². The van der Waals surface area contributed by atoms with E-state index in [0.29, 0.717) is 22.8 Å². The van der Waals surface area contributed by atoms with Crippen molar-refractivity contribution in [1.29, 1.82) is 5.26 Å². The van der Waals surface area contributed by atoms with Crippen LogP contribution in [0.5, 0.6) is 11.5 Å². The number of ether oxygens (including phenoxy) is 1. The number of nitrogens with zero attached hydrogens (tertiary/aromatic N) is 2. The second kappa shape index (κ2) is 5.54. The molecular formula is C15H14N2O3S. The molecule has 0 aliphatic carbocycles. The Morgan fingerprint density at radius 2 is 1.81 bits per heavy atom. The van der Waals surface area contributed by atoms with Crippen LogP contribution in [0.3, 0.4) is 0 Å². The van der Waals surface area contributed by atoms with Crippen LogP contribution in [-0.2, 0) is 9.84 Å². The fourth-order valence-electron chi connectivity index (χ4n) is 1.89. The predicted molar refractivity (Wildman–Crippen MR) is 78.1 cm³/mol. The van der Waals surface area contributed by atoms with Crippen molar-refractivity contribution in [1.82, 2.24) is 4.98 Å². The number of rotatable bonds is 3. The first-order valence-corrected chi connectivity index (χ1v) is 8.06. The van der Waals surface area contributed by atoms with E-state index in [-0.39, 0.29) is 4.90 Å². The van der Waals surface area contributed by atoms with Crippen LogP contribution in [0.2, 0.25) is 0 Å². The Morgan fingerprint density at radius 1 is 1.19 bits per heavy atom. The SMILES string of the molecule is Cc1cc(Oc2ccc(S(C)(=O)=O)cc2)c(C#N)c(C)n1. The molecule has 0 fully saturated rings. The third kappa shape index (κ3) is 3.38. The standard InChI is InChI=1S/C15H14N2O3S/c1-10-8-15(14(9-16)11(2)17-10)20-12-4-6-13(7-5-12)21(3,18)19/h4-8H,1-3H3. The molecule has 0 amide bonds. The Kier molecular flexibility index (Phi) is 3.96. The first-order chi connectivity index (χ1) is 9.81. The Hall–Kier alpha value is -2.39. The second-order valence-electron chi connectivity index (χ2n) is 4.68. The zero-order chi connectivity index (χ0) is 15.6. The highest BCUT2D eigenvalue weighted by atomic mass is 32.2. The van der Waals surface area contributed by atoms with E-state index < -0.39 is 9.84 Å². The highest BCUT2D eigenvalue weighted by Crippen LogP contribution is 2.27. The van der Waals surface area contributed by atoms with Crippen LogP contribution < -0.4 is 4.74 Å². The van der Waals surface area contributed by atoms with Gasteiger partial charge in [-0.15, -0.1) is 0 Å². The number of nitriles is 1. The minimum Gasteiger partial charge on any atom is -0.456 e. The summed E-state index contributed by atoms with van der Waals surface area (Å²) in [4.78, 5) is 4.43. The summed E-state index contributed by atoms with van der Waals surface area (Å²) in [5.41, 5.74) is 1.71. The summed E-state index contributed by atoms with van der Waals surface area (Å²) in [7, 11) is -3.24. The number of aromatic nitrogens is 1. The molecule has 6 heteroatoms. The molecule has 0 saturated carbocycles. The number of pyridine rings is 1. The molecule has 0 saturated heterocycles. The minimum absolute atomic E-state index is 0.220. The van der Waals surface area contributed by atoms with Gasteiger partial charge in [-0.3, -0.25) is 4.98 Å². The van der Waals surface area contributed by atoms with Gasteiger partial charge in [0.15, 0.2) is 9.84 Å². The Balaban J connectivity index is 2.37. The molecule has 0 spiro atoms. The average molecular weight is 302 g/mol. The van der Waals surface area contributed by atoms with Gasteiger partial charge in [0.05, 0.1) is 10.6 Å². The number of sulfone groups is 1. The molecule has 2 rings (SSSR count). The lowest BCUT2D eigenvalue weighted by atomic mass is 10.2. The van der Waals surface area contributed by atoms with E-state index >= 15 is 0 Å². The van der Waals surface area contributed by atoms with Gasteiger partial charge in [-0.05, 0) is 38.1 Å². The summed E-state index contributed by atoms with van der Waals surface area (Å²) in [5, 5.41) is 9.17. The molecule has 0 unspecified atom stereocenters. The lowest BCUT2D eigenvalue weighted by molar-refractivity contribution is 0.478. The van der Waals surface area contributed by atoms with Crippen molar-refractivity contribution >= 4 is 9.84 Å². The first-order valence-electron chi connectivity index (χ1n) is 6.17. The molecule has 0 N–H and O–H groups in total. The number of hydrogen-bond acceptors (Lipinski definition) is 5. The van der Waals surface area contributed by atoms with Crippen LogP contribution in [0.4, 0.5) is 0 Å². The van der Waals surface area contributed by atoms with E-state index in [2.05, 4.69) is 11.1 Å². The topological polar surface area (TPSA) is 80.0 Å². The molecule has 108 valence electrons. The summed E-state index contributed by atoms with van der Waals surface area (Å²) >= 11 is 0.